The molecule has 0 bridgehead atoms. The lowest BCUT2D eigenvalue weighted by Gasteiger charge is -2.33. The van der Waals surface area contributed by atoms with Crippen molar-refractivity contribution in [3.05, 3.63) is 29.8 Å². The molecule has 0 saturated heterocycles. The van der Waals surface area contributed by atoms with Gasteiger partial charge in [0.05, 0.1) is 6.10 Å². The Labute approximate surface area is 104 Å². The average Bonchev–Trinajstić information content (AvgIpc) is 2.35. The summed E-state index contributed by atoms with van der Waals surface area (Å²) in [5.74, 6) is 1.57. The molecule has 1 aliphatic rings. The van der Waals surface area contributed by atoms with Crippen LogP contribution in [0.4, 0.5) is 0 Å². The molecule has 1 fully saturated rings. The van der Waals surface area contributed by atoms with Gasteiger partial charge in [0.2, 0.25) is 0 Å². The zero-order valence-electron chi connectivity index (χ0n) is 10.7. The highest BCUT2D eigenvalue weighted by Gasteiger charge is 2.29. The van der Waals surface area contributed by atoms with Gasteiger partial charge in [0, 0.05) is 0 Å². The number of ether oxygens (including phenoxy) is 1. The lowest BCUT2D eigenvalue weighted by atomic mass is 9.84. The molecule has 2 heteroatoms. The summed E-state index contributed by atoms with van der Waals surface area (Å²) in [6.45, 7) is 4.28. The molecule has 1 saturated carbocycles. The second-order valence-electron chi connectivity index (χ2n) is 5.12. The van der Waals surface area contributed by atoms with E-state index in [0.717, 1.165) is 25.0 Å². The summed E-state index contributed by atoms with van der Waals surface area (Å²) in [4.78, 5) is 0. The number of aliphatic hydroxyl groups is 1. The van der Waals surface area contributed by atoms with E-state index in [2.05, 4.69) is 13.8 Å². The summed E-state index contributed by atoms with van der Waals surface area (Å²) in [5, 5.41) is 9.97. The Morgan fingerprint density at radius 3 is 2.59 bits per heavy atom. The third-order valence-electron chi connectivity index (χ3n) is 3.75. The molecule has 3 unspecified atom stereocenters. The van der Waals surface area contributed by atoms with Crippen LogP contribution in [0.2, 0.25) is 0 Å². The van der Waals surface area contributed by atoms with Gasteiger partial charge in [0.25, 0.3) is 0 Å². The largest absolute Gasteiger partial charge is 0.488 e. The van der Waals surface area contributed by atoms with Crippen LogP contribution in [0.5, 0.6) is 5.75 Å². The molecule has 1 aromatic carbocycles. The molecule has 17 heavy (non-hydrogen) atoms. The van der Waals surface area contributed by atoms with Crippen LogP contribution in [0, 0.1) is 12.8 Å². The second kappa shape index (κ2) is 5.54. The van der Waals surface area contributed by atoms with Crippen molar-refractivity contribution in [1.29, 1.82) is 0 Å². The molecule has 0 aromatic heterocycles. The smallest absolute Gasteiger partial charge is 0.125 e. The lowest BCUT2D eigenvalue weighted by molar-refractivity contribution is -0.0109. The van der Waals surface area contributed by atoms with Gasteiger partial charge in [0.1, 0.15) is 11.9 Å². The Kier molecular flexibility index (Phi) is 4.06. The van der Waals surface area contributed by atoms with Crippen LogP contribution in [0.3, 0.4) is 0 Å². The zero-order valence-corrected chi connectivity index (χ0v) is 10.7. The van der Waals surface area contributed by atoms with Gasteiger partial charge in [-0.3, -0.25) is 0 Å². The van der Waals surface area contributed by atoms with E-state index in [-0.39, 0.29) is 12.2 Å². The van der Waals surface area contributed by atoms with Crippen molar-refractivity contribution < 1.29 is 9.84 Å². The molecule has 1 aromatic rings. The predicted molar refractivity (Wildman–Crippen MR) is 69.2 cm³/mol. The van der Waals surface area contributed by atoms with Crippen LogP contribution in [-0.4, -0.2) is 17.3 Å². The highest BCUT2D eigenvalue weighted by Crippen LogP contribution is 2.30. The normalized spacial score (nSPS) is 29.0. The van der Waals surface area contributed by atoms with E-state index in [0.29, 0.717) is 5.92 Å². The number of hydrogen-bond donors (Lipinski definition) is 1. The first-order valence-corrected chi connectivity index (χ1v) is 6.60. The fraction of sp³-hybridized carbons (Fsp3) is 0.600. The predicted octanol–water partition coefficient (Wildman–Crippen LogP) is 3.31. The van der Waals surface area contributed by atoms with E-state index in [4.69, 9.17) is 4.74 Å². The SMILES string of the molecule is CCC1CCC(O)C(Oc2ccc(C)cc2)C1. The van der Waals surface area contributed by atoms with Crippen LogP contribution >= 0.6 is 0 Å². The average molecular weight is 234 g/mol. The van der Waals surface area contributed by atoms with Crippen molar-refractivity contribution in [2.75, 3.05) is 0 Å². The van der Waals surface area contributed by atoms with Crippen molar-refractivity contribution in [3.8, 4) is 5.75 Å². The van der Waals surface area contributed by atoms with Crippen LogP contribution in [0.1, 0.15) is 38.2 Å². The molecule has 1 aliphatic carbocycles. The number of aliphatic hydroxyl groups excluding tert-OH is 1. The minimum absolute atomic E-state index is 0.0311. The van der Waals surface area contributed by atoms with E-state index in [1.165, 1.54) is 12.0 Å². The first-order chi connectivity index (χ1) is 8.19. The first kappa shape index (κ1) is 12.4. The number of hydrogen-bond acceptors (Lipinski definition) is 2. The van der Waals surface area contributed by atoms with E-state index in [9.17, 15) is 5.11 Å². The molecule has 1 N–H and O–H groups in total. The monoisotopic (exact) mass is 234 g/mol. The topological polar surface area (TPSA) is 29.5 Å². The fourth-order valence-corrected chi connectivity index (χ4v) is 2.48. The Balaban J connectivity index is 1.98. The van der Waals surface area contributed by atoms with Crippen molar-refractivity contribution in [2.45, 2.75) is 51.7 Å². The van der Waals surface area contributed by atoms with Gasteiger partial charge in [-0.15, -0.1) is 0 Å². The molecule has 0 aliphatic heterocycles. The summed E-state index contributed by atoms with van der Waals surface area (Å²) >= 11 is 0. The highest BCUT2D eigenvalue weighted by molar-refractivity contribution is 5.26. The van der Waals surface area contributed by atoms with Crippen LogP contribution in [-0.2, 0) is 0 Å². The van der Waals surface area contributed by atoms with Gasteiger partial charge in [-0.05, 0) is 44.2 Å². The zero-order chi connectivity index (χ0) is 12.3. The Hall–Kier alpha value is -1.02. The molecule has 2 rings (SSSR count). The molecule has 2 nitrogen and oxygen atoms in total. The summed E-state index contributed by atoms with van der Waals surface area (Å²) in [6, 6.07) is 8.05. The van der Waals surface area contributed by atoms with E-state index in [1.807, 2.05) is 24.3 Å². The fourth-order valence-electron chi connectivity index (χ4n) is 2.48. The van der Waals surface area contributed by atoms with Gasteiger partial charge in [-0.1, -0.05) is 31.0 Å². The van der Waals surface area contributed by atoms with Crippen molar-refractivity contribution in [1.82, 2.24) is 0 Å². The molecule has 3 atom stereocenters. The Morgan fingerprint density at radius 1 is 1.24 bits per heavy atom. The molecular formula is C15H22O2. The summed E-state index contributed by atoms with van der Waals surface area (Å²) in [6.07, 6.45) is 3.82. The molecule has 0 radical (unpaired) electrons. The maximum Gasteiger partial charge on any atom is 0.125 e. The van der Waals surface area contributed by atoms with Gasteiger partial charge < -0.3 is 9.84 Å². The number of benzene rings is 1. The lowest BCUT2D eigenvalue weighted by Crippen LogP contribution is -2.38. The number of rotatable bonds is 3. The van der Waals surface area contributed by atoms with Gasteiger partial charge in [-0.25, -0.2) is 0 Å². The molecule has 94 valence electrons. The minimum atomic E-state index is -0.306. The second-order valence-corrected chi connectivity index (χ2v) is 5.12. The molecule has 0 heterocycles. The van der Waals surface area contributed by atoms with Crippen LogP contribution < -0.4 is 4.74 Å². The number of aryl methyl sites for hydroxylation is 1. The van der Waals surface area contributed by atoms with Gasteiger partial charge in [-0.2, -0.15) is 0 Å². The summed E-state index contributed by atoms with van der Waals surface area (Å²) in [7, 11) is 0. The van der Waals surface area contributed by atoms with Crippen molar-refractivity contribution >= 4 is 0 Å². The van der Waals surface area contributed by atoms with E-state index < -0.39 is 0 Å². The Morgan fingerprint density at radius 2 is 1.94 bits per heavy atom. The minimum Gasteiger partial charge on any atom is -0.488 e. The third-order valence-corrected chi connectivity index (χ3v) is 3.75. The third kappa shape index (κ3) is 3.22. The van der Waals surface area contributed by atoms with Crippen molar-refractivity contribution in [3.63, 3.8) is 0 Å². The van der Waals surface area contributed by atoms with Crippen LogP contribution in [0.25, 0.3) is 0 Å². The molecule has 0 spiro atoms. The Bertz CT molecular complexity index is 344. The van der Waals surface area contributed by atoms with Crippen LogP contribution in [0.15, 0.2) is 24.3 Å². The van der Waals surface area contributed by atoms with Crippen molar-refractivity contribution in [2.24, 2.45) is 5.92 Å². The van der Waals surface area contributed by atoms with Gasteiger partial charge >= 0.3 is 0 Å². The first-order valence-electron chi connectivity index (χ1n) is 6.60. The van der Waals surface area contributed by atoms with Gasteiger partial charge in [0.15, 0.2) is 0 Å². The van der Waals surface area contributed by atoms with E-state index >= 15 is 0 Å². The standard InChI is InChI=1S/C15H22O2/c1-3-12-6-9-14(16)15(10-12)17-13-7-4-11(2)5-8-13/h4-5,7-8,12,14-16H,3,6,9-10H2,1-2H3. The summed E-state index contributed by atoms with van der Waals surface area (Å²) in [5.41, 5.74) is 1.23. The summed E-state index contributed by atoms with van der Waals surface area (Å²) < 4.78 is 5.90. The maximum atomic E-state index is 9.97. The quantitative estimate of drug-likeness (QED) is 0.869. The highest BCUT2D eigenvalue weighted by atomic mass is 16.5. The molecular weight excluding hydrogens is 212 g/mol. The molecule has 0 amide bonds. The maximum absolute atomic E-state index is 9.97. The van der Waals surface area contributed by atoms with E-state index in [1.54, 1.807) is 0 Å².